The van der Waals surface area contributed by atoms with Gasteiger partial charge in [-0.15, -0.1) is 0 Å². The highest BCUT2D eigenvalue weighted by molar-refractivity contribution is 5.93. The van der Waals surface area contributed by atoms with E-state index in [9.17, 15) is 14.7 Å². The molecule has 1 aliphatic rings. The second kappa shape index (κ2) is 4.72. The lowest BCUT2D eigenvalue weighted by Gasteiger charge is -2.37. The zero-order valence-electron chi connectivity index (χ0n) is 11.6. The Labute approximate surface area is 112 Å². The maximum Gasteiger partial charge on any atom is 0.311 e. The predicted octanol–water partition coefficient (Wildman–Crippen LogP) is 1.66. The van der Waals surface area contributed by atoms with Crippen LogP contribution in [0.5, 0.6) is 0 Å². The molecule has 0 saturated carbocycles. The van der Waals surface area contributed by atoms with E-state index in [2.05, 4.69) is 0 Å². The van der Waals surface area contributed by atoms with Gasteiger partial charge < -0.3 is 14.6 Å². The van der Waals surface area contributed by atoms with Crippen LogP contribution in [0, 0.1) is 12.3 Å². The molecule has 1 unspecified atom stereocenters. The fourth-order valence-corrected chi connectivity index (χ4v) is 2.58. The third-order valence-electron chi connectivity index (χ3n) is 4.09. The van der Waals surface area contributed by atoms with Crippen LogP contribution in [0.3, 0.4) is 0 Å². The van der Waals surface area contributed by atoms with E-state index < -0.39 is 11.4 Å². The average molecular weight is 264 g/mol. The van der Waals surface area contributed by atoms with Crippen LogP contribution in [0.15, 0.2) is 12.1 Å². The standard InChI is InChI=1S/C14H20N2O3/c1-10-5-6-11(15(10)3)12(17)16-8-4-7-14(2,9-16)13(18)19/h5-6H,4,7-9H2,1-3H3,(H,18,19). The molecule has 1 N–H and O–H groups in total. The van der Waals surface area contributed by atoms with Gasteiger partial charge in [0.2, 0.25) is 0 Å². The monoisotopic (exact) mass is 264 g/mol. The number of likely N-dealkylation sites (tertiary alicyclic amines) is 1. The molecule has 19 heavy (non-hydrogen) atoms. The van der Waals surface area contributed by atoms with Crippen LogP contribution in [0.1, 0.15) is 35.9 Å². The van der Waals surface area contributed by atoms with Crippen molar-refractivity contribution < 1.29 is 14.7 Å². The molecule has 1 aromatic rings. The summed E-state index contributed by atoms with van der Waals surface area (Å²) < 4.78 is 1.84. The van der Waals surface area contributed by atoms with Gasteiger partial charge in [-0.3, -0.25) is 9.59 Å². The summed E-state index contributed by atoms with van der Waals surface area (Å²) in [4.78, 5) is 25.4. The molecule has 1 aromatic heterocycles. The number of aliphatic carboxylic acids is 1. The first-order chi connectivity index (χ1) is 8.85. The summed E-state index contributed by atoms with van der Waals surface area (Å²) in [5.74, 6) is -0.907. The van der Waals surface area contributed by atoms with Crippen molar-refractivity contribution in [3.63, 3.8) is 0 Å². The van der Waals surface area contributed by atoms with Crippen molar-refractivity contribution in [2.75, 3.05) is 13.1 Å². The van der Waals surface area contributed by atoms with Gasteiger partial charge in [-0.25, -0.2) is 0 Å². The Kier molecular flexibility index (Phi) is 3.39. The van der Waals surface area contributed by atoms with Gasteiger partial charge in [-0.2, -0.15) is 0 Å². The number of carbonyl (C=O) groups is 2. The van der Waals surface area contributed by atoms with Crippen molar-refractivity contribution in [3.8, 4) is 0 Å². The van der Waals surface area contributed by atoms with Gasteiger partial charge in [0.15, 0.2) is 0 Å². The number of hydrogen-bond donors (Lipinski definition) is 1. The number of rotatable bonds is 2. The molecule has 0 aromatic carbocycles. The van der Waals surface area contributed by atoms with E-state index in [1.54, 1.807) is 17.9 Å². The number of carboxylic acid groups (broad SMARTS) is 1. The number of aryl methyl sites for hydroxylation is 1. The number of hydrogen-bond acceptors (Lipinski definition) is 2. The molecule has 104 valence electrons. The van der Waals surface area contributed by atoms with E-state index in [-0.39, 0.29) is 12.5 Å². The lowest BCUT2D eigenvalue weighted by molar-refractivity contribution is -0.150. The quantitative estimate of drug-likeness (QED) is 0.883. The van der Waals surface area contributed by atoms with E-state index >= 15 is 0 Å². The molecule has 5 nitrogen and oxygen atoms in total. The maximum atomic E-state index is 12.5. The van der Waals surface area contributed by atoms with Crippen LogP contribution in [-0.2, 0) is 11.8 Å². The number of carboxylic acids is 1. The third kappa shape index (κ3) is 2.37. The number of carbonyl (C=O) groups excluding carboxylic acids is 1. The molecule has 1 aliphatic heterocycles. The average Bonchev–Trinajstić information content (AvgIpc) is 2.69. The number of amides is 1. The van der Waals surface area contributed by atoms with E-state index in [1.165, 1.54) is 0 Å². The van der Waals surface area contributed by atoms with Gasteiger partial charge in [0.25, 0.3) is 5.91 Å². The van der Waals surface area contributed by atoms with Crippen LogP contribution in [0.4, 0.5) is 0 Å². The highest BCUT2D eigenvalue weighted by atomic mass is 16.4. The minimum absolute atomic E-state index is 0.0808. The third-order valence-corrected chi connectivity index (χ3v) is 4.09. The summed E-state index contributed by atoms with van der Waals surface area (Å²) in [6, 6.07) is 3.69. The molecule has 0 spiro atoms. The Balaban J connectivity index is 2.20. The first-order valence-corrected chi connectivity index (χ1v) is 6.50. The van der Waals surface area contributed by atoms with E-state index in [4.69, 9.17) is 0 Å². The topological polar surface area (TPSA) is 62.5 Å². The van der Waals surface area contributed by atoms with Gasteiger partial charge in [0, 0.05) is 25.8 Å². The Hall–Kier alpha value is -1.78. The highest BCUT2D eigenvalue weighted by Crippen LogP contribution is 2.30. The van der Waals surface area contributed by atoms with Crippen LogP contribution in [-0.4, -0.2) is 39.5 Å². The van der Waals surface area contributed by atoms with Crippen LogP contribution in [0.25, 0.3) is 0 Å². The zero-order valence-corrected chi connectivity index (χ0v) is 11.6. The smallest absolute Gasteiger partial charge is 0.311 e. The molecule has 1 saturated heterocycles. The largest absolute Gasteiger partial charge is 0.481 e. The van der Waals surface area contributed by atoms with E-state index in [0.717, 1.165) is 12.1 Å². The molecule has 0 aliphatic carbocycles. The van der Waals surface area contributed by atoms with E-state index in [1.807, 2.05) is 24.6 Å². The van der Waals surface area contributed by atoms with Gasteiger partial charge in [-0.05, 0) is 38.8 Å². The predicted molar refractivity (Wildman–Crippen MR) is 71.0 cm³/mol. The van der Waals surface area contributed by atoms with Crippen molar-refractivity contribution >= 4 is 11.9 Å². The summed E-state index contributed by atoms with van der Waals surface area (Å²) in [7, 11) is 1.85. The molecular weight excluding hydrogens is 244 g/mol. The fourth-order valence-electron chi connectivity index (χ4n) is 2.58. The Morgan fingerprint density at radius 3 is 2.58 bits per heavy atom. The Bertz CT molecular complexity index is 521. The van der Waals surface area contributed by atoms with Crippen molar-refractivity contribution in [1.82, 2.24) is 9.47 Å². The zero-order chi connectivity index (χ0) is 14.2. The van der Waals surface area contributed by atoms with Crippen molar-refractivity contribution in [2.24, 2.45) is 12.5 Å². The lowest BCUT2D eigenvalue weighted by atomic mass is 9.82. The van der Waals surface area contributed by atoms with Gasteiger partial charge in [0.1, 0.15) is 5.69 Å². The summed E-state index contributed by atoms with van der Waals surface area (Å²) in [5, 5.41) is 9.28. The molecule has 1 atom stereocenters. The normalized spacial score (nSPS) is 23.4. The number of nitrogens with zero attached hydrogens (tertiary/aromatic N) is 2. The SMILES string of the molecule is Cc1ccc(C(=O)N2CCCC(C)(C(=O)O)C2)n1C. The minimum atomic E-state index is -0.826. The van der Waals surface area contributed by atoms with Crippen LogP contribution >= 0.6 is 0 Å². The van der Waals surface area contributed by atoms with Gasteiger partial charge in [-0.1, -0.05) is 0 Å². The molecule has 1 fully saturated rings. The molecule has 1 amide bonds. The number of piperidine rings is 1. The highest BCUT2D eigenvalue weighted by Gasteiger charge is 2.39. The summed E-state index contributed by atoms with van der Waals surface area (Å²) in [6.07, 6.45) is 1.36. The van der Waals surface area contributed by atoms with Crippen LogP contribution < -0.4 is 0 Å². The van der Waals surface area contributed by atoms with Crippen molar-refractivity contribution in [3.05, 3.63) is 23.5 Å². The molecule has 2 heterocycles. The second-order valence-electron chi connectivity index (χ2n) is 5.62. The summed E-state index contributed by atoms with van der Waals surface area (Å²) in [5.41, 5.74) is 0.808. The van der Waals surface area contributed by atoms with Gasteiger partial charge >= 0.3 is 5.97 Å². The van der Waals surface area contributed by atoms with Crippen molar-refractivity contribution in [2.45, 2.75) is 26.7 Å². The van der Waals surface area contributed by atoms with Crippen molar-refractivity contribution in [1.29, 1.82) is 0 Å². The first kappa shape index (κ1) is 13.6. The minimum Gasteiger partial charge on any atom is -0.481 e. The molecule has 2 rings (SSSR count). The Morgan fingerprint density at radius 2 is 2.05 bits per heavy atom. The summed E-state index contributed by atoms with van der Waals surface area (Å²) >= 11 is 0. The molecule has 0 bridgehead atoms. The molecule has 5 heteroatoms. The first-order valence-electron chi connectivity index (χ1n) is 6.50. The fraction of sp³-hybridized carbons (Fsp3) is 0.571. The Morgan fingerprint density at radius 1 is 1.37 bits per heavy atom. The van der Waals surface area contributed by atoms with Crippen LogP contribution in [0.2, 0.25) is 0 Å². The summed E-state index contributed by atoms with van der Waals surface area (Å²) in [6.45, 7) is 4.57. The maximum absolute atomic E-state index is 12.5. The van der Waals surface area contributed by atoms with E-state index in [0.29, 0.717) is 18.7 Å². The lowest BCUT2D eigenvalue weighted by Crippen LogP contribution is -2.48. The second-order valence-corrected chi connectivity index (χ2v) is 5.62. The number of aromatic nitrogens is 1. The molecule has 0 radical (unpaired) electrons. The molecular formula is C14H20N2O3. The van der Waals surface area contributed by atoms with Gasteiger partial charge in [0.05, 0.1) is 5.41 Å².